The Morgan fingerprint density at radius 3 is 1.23 bits per heavy atom. The monoisotopic (exact) mass is 503 g/mol. The second kappa shape index (κ2) is 21.2. The second-order valence-electron chi connectivity index (χ2n) is 8.40. The highest BCUT2D eigenvalue weighted by atomic mass is 28.2. The molecule has 0 spiro atoms. The molecule has 0 atom stereocenters. The van der Waals surface area contributed by atoms with Crippen LogP contribution in [-0.2, 0) is 0 Å². The Bertz CT molecular complexity index is 253. The van der Waals surface area contributed by atoms with Gasteiger partial charge in [-0.05, 0) is 31.5 Å². The summed E-state index contributed by atoms with van der Waals surface area (Å²) in [6.07, 6.45) is 7.46. The first kappa shape index (κ1) is 32.2. The Morgan fingerprint density at radius 1 is 0.808 bits per heavy atom. The summed E-state index contributed by atoms with van der Waals surface area (Å²) in [5.74, 6) is 0. The fourth-order valence-corrected chi connectivity index (χ4v) is 2.63. The van der Waals surface area contributed by atoms with Crippen LogP contribution in [0.4, 0.5) is 0 Å². The molecule has 1 rings (SSSR count). The number of hydrogen-bond acceptors (Lipinski definition) is 5. The molecule has 0 aromatic rings. The molecular formula is C13H53N5Si8. The summed E-state index contributed by atoms with van der Waals surface area (Å²) in [7, 11) is 14.1. The van der Waals surface area contributed by atoms with Gasteiger partial charge in [-0.15, -0.1) is 0 Å². The first-order valence-electron chi connectivity index (χ1n) is 10.2. The molecule has 0 bridgehead atoms. The predicted octanol–water partition coefficient (Wildman–Crippen LogP) is -7.37. The molecule has 0 heterocycles. The SMILES string of the molecule is CC(C)N([SiH3])[SiH3].CCN([SiH3])[SiH3].CN(C)N([SiH3])[SiH3].[SiH3]N([SiH3])C1CCCCC1. The van der Waals surface area contributed by atoms with Crippen LogP contribution in [0.1, 0.15) is 52.9 Å². The molecular weight excluding hydrogens is 451 g/mol. The van der Waals surface area contributed by atoms with Gasteiger partial charge in [0.1, 0.15) is 0 Å². The lowest BCUT2D eigenvalue weighted by atomic mass is 9.96. The molecule has 26 heavy (non-hydrogen) atoms. The zero-order valence-corrected chi connectivity index (χ0v) is 36.6. The Morgan fingerprint density at radius 2 is 1.12 bits per heavy atom. The number of rotatable bonds is 4. The molecule has 0 aromatic heterocycles. The summed E-state index contributed by atoms with van der Waals surface area (Å²) in [6.45, 7) is 7.93. The molecule has 0 saturated heterocycles. The molecule has 162 valence electrons. The molecule has 0 N–H and O–H groups in total. The van der Waals surface area contributed by atoms with Gasteiger partial charge in [0.2, 0.25) is 0 Å². The van der Waals surface area contributed by atoms with E-state index in [0.717, 1.165) is 12.1 Å². The van der Waals surface area contributed by atoms with Crippen molar-refractivity contribution in [2.45, 2.75) is 65.0 Å². The maximum absolute atomic E-state index is 2.64. The van der Waals surface area contributed by atoms with E-state index in [2.05, 4.69) is 56.9 Å². The van der Waals surface area contributed by atoms with Crippen molar-refractivity contribution in [1.29, 1.82) is 0 Å². The summed E-state index contributed by atoms with van der Waals surface area (Å²) >= 11 is 0. The first-order valence-corrected chi connectivity index (χ1v) is 17.3. The number of nitrogens with zero attached hydrogens (tertiary/aromatic N) is 5. The van der Waals surface area contributed by atoms with Crippen molar-refractivity contribution in [2.75, 3.05) is 20.6 Å². The van der Waals surface area contributed by atoms with Crippen molar-refractivity contribution in [3.63, 3.8) is 0 Å². The van der Waals surface area contributed by atoms with Crippen molar-refractivity contribution < 1.29 is 0 Å². The van der Waals surface area contributed by atoms with Crippen molar-refractivity contribution in [3.8, 4) is 0 Å². The van der Waals surface area contributed by atoms with Crippen LogP contribution in [0.5, 0.6) is 0 Å². The summed E-state index contributed by atoms with van der Waals surface area (Å²) in [4.78, 5) is 0. The van der Waals surface area contributed by atoms with Crippen LogP contribution in [0, 0.1) is 0 Å². The maximum Gasteiger partial charge on any atom is 0.0874 e. The topological polar surface area (TPSA) is 16.2 Å². The van der Waals surface area contributed by atoms with Crippen molar-refractivity contribution in [2.24, 2.45) is 0 Å². The summed E-state index contributed by atoms with van der Waals surface area (Å²) in [5, 5.41) is 2.12. The predicted molar refractivity (Wildman–Crippen MR) is 153 cm³/mol. The third-order valence-electron chi connectivity index (χ3n) is 4.77. The quantitative estimate of drug-likeness (QED) is 0.279. The van der Waals surface area contributed by atoms with Gasteiger partial charge >= 0.3 is 0 Å². The van der Waals surface area contributed by atoms with Gasteiger partial charge in [0.15, 0.2) is 0 Å². The van der Waals surface area contributed by atoms with E-state index in [1.165, 1.54) is 122 Å². The number of hydrazine groups is 1. The van der Waals surface area contributed by atoms with Gasteiger partial charge in [-0.1, -0.05) is 40.0 Å². The van der Waals surface area contributed by atoms with E-state index in [1.807, 2.05) is 0 Å². The zero-order valence-electron chi connectivity index (χ0n) is 20.6. The van der Waals surface area contributed by atoms with Gasteiger partial charge in [0.25, 0.3) is 0 Å². The zero-order chi connectivity index (χ0) is 21.3. The van der Waals surface area contributed by atoms with E-state index in [9.17, 15) is 0 Å². The molecule has 1 fully saturated rings. The lowest BCUT2D eigenvalue weighted by Crippen LogP contribution is -2.32. The minimum absolute atomic E-state index is 0.809. The lowest BCUT2D eigenvalue weighted by molar-refractivity contribution is 0.238. The fraction of sp³-hybridized carbons (Fsp3) is 1.00. The van der Waals surface area contributed by atoms with Gasteiger partial charge in [-0.3, -0.25) is 5.01 Å². The van der Waals surface area contributed by atoms with Crippen molar-refractivity contribution >= 4 is 83.2 Å². The molecule has 1 saturated carbocycles. The highest BCUT2D eigenvalue weighted by molar-refractivity contribution is 6.25. The van der Waals surface area contributed by atoms with Crippen LogP contribution in [-0.4, -0.2) is 138 Å². The van der Waals surface area contributed by atoms with Crippen LogP contribution >= 0.6 is 0 Å². The third kappa shape index (κ3) is 27.8. The van der Waals surface area contributed by atoms with Gasteiger partial charge < -0.3 is 17.0 Å². The molecule has 5 nitrogen and oxygen atoms in total. The highest BCUT2D eigenvalue weighted by Gasteiger charge is 2.13. The fourth-order valence-electron chi connectivity index (χ4n) is 1.60. The normalized spacial score (nSPS) is 15.8. The van der Waals surface area contributed by atoms with E-state index in [1.54, 1.807) is 0 Å². The Hall–Kier alpha value is 1.54. The number of hydrogen-bond donors (Lipinski definition) is 0. The lowest BCUT2D eigenvalue weighted by Gasteiger charge is -2.28. The third-order valence-corrected chi connectivity index (χ3v) is 11.2. The maximum atomic E-state index is 2.64. The van der Waals surface area contributed by atoms with Crippen molar-refractivity contribution in [1.82, 2.24) is 22.0 Å². The molecule has 1 aliphatic carbocycles. The van der Waals surface area contributed by atoms with Crippen LogP contribution in [0.2, 0.25) is 0 Å². The van der Waals surface area contributed by atoms with Gasteiger partial charge in [0.05, 0.1) is 83.2 Å². The van der Waals surface area contributed by atoms with Gasteiger partial charge in [-0.2, -0.15) is 0 Å². The van der Waals surface area contributed by atoms with E-state index in [-0.39, 0.29) is 0 Å². The van der Waals surface area contributed by atoms with E-state index in [4.69, 9.17) is 0 Å². The summed E-state index contributed by atoms with van der Waals surface area (Å²) in [6, 6.07) is 1.82. The van der Waals surface area contributed by atoms with Crippen LogP contribution < -0.4 is 0 Å². The molecule has 0 aromatic carbocycles. The van der Waals surface area contributed by atoms with Crippen LogP contribution in [0.15, 0.2) is 0 Å². The van der Waals surface area contributed by atoms with E-state index in [0.29, 0.717) is 0 Å². The van der Waals surface area contributed by atoms with E-state index >= 15 is 0 Å². The molecule has 0 aliphatic heterocycles. The summed E-state index contributed by atoms with van der Waals surface area (Å²) < 4.78 is 9.76. The largest absolute Gasteiger partial charge is 0.361 e. The minimum atomic E-state index is 0.809. The average molecular weight is 504 g/mol. The first-order chi connectivity index (χ1) is 11.9. The Balaban J connectivity index is -0.000000281. The van der Waals surface area contributed by atoms with Crippen LogP contribution in [0.3, 0.4) is 0 Å². The molecule has 0 amide bonds. The average Bonchev–Trinajstić information content (AvgIpc) is 2.57. The Labute approximate surface area is 190 Å². The smallest absolute Gasteiger partial charge is 0.0874 e. The van der Waals surface area contributed by atoms with Crippen molar-refractivity contribution in [3.05, 3.63) is 0 Å². The molecule has 0 radical (unpaired) electrons. The van der Waals surface area contributed by atoms with Gasteiger partial charge in [0, 0.05) is 14.1 Å². The highest BCUT2D eigenvalue weighted by Crippen LogP contribution is 2.19. The van der Waals surface area contributed by atoms with E-state index < -0.39 is 0 Å². The minimum Gasteiger partial charge on any atom is -0.361 e. The van der Waals surface area contributed by atoms with Gasteiger partial charge in [-0.25, -0.2) is 0 Å². The van der Waals surface area contributed by atoms with Crippen LogP contribution in [0.25, 0.3) is 0 Å². The Kier molecular flexibility index (Phi) is 26.3. The second-order valence-corrected chi connectivity index (χ2v) is 26.8. The standard InChI is InChI=1S/C6H17NSi2.C3H13NSi2.C2H12N2Si2.C2H11NSi2/c8-7(9)6-4-2-1-3-5-6;2*1-3(2)4(5)6;1-2-3(4)5/h6H,1-5H2,8-9H3;3H,1-2,5-6H3;1-2,5-6H3;2H2,1,4-5H3. The summed E-state index contributed by atoms with van der Waals surface area (Å²) in [5.41, 5.74) is 0. The molecule has 0 unspecified atom stereocenters. The molecule has 13 heteroatoms. The molecule has 1 aliphatic rings.